The number of alkyl halides is 2. The van der Waals surface area contributed by atoms with E-state index in [0.29, 0.717) is 32.0 Å². The number of fused-ring (bicyclic) bond motifs is 1. The van der Waals surface area contributed by atoms with Crippen LogP contribution in [-0.4, -0.2) is 30.4 Å². The van der Waals surface area contributed by atoms with Gasteiger partial charge in [0.2, 0.25) is 5.91 Å². The lowest BCUT2D eigenvalue weighted by molar-refractivity contribution is -0.131. The average Bonchev–Trinajstić information content (AvgIpc) is 2.97. The van der Waals surface area contributed by atoms with Crippen molar-refractivity contribution in [1.29, 1.82) is 0 Å². The van der Waals surface area contributed by atoms with E-state index in [2.05, 4.69) is 31.3 Å². The number of nitrogens with zero attached hydrogens (tertiary/aromatic N) is 1. The number of carbonyl (C=O) groups excluding carboxylic acids is 1. The molecule has 0 aliphatic carbocycles. The van der Waals surface area contributed by atoms with Crippen molar-refractivity contribution in [3.8, 4) is 0 Å². The molecule has 0 saturated carbocycles. The van der Waals surface area contributed by atoms with Crippen LogP contribution < -0.4 is 11.1 Å². The Labute approximate surface area is 238 Å². The lowest BCUT2D eigenvalue weighted by Gasteiger charge is -2.40. The highest BCUT2D eigenvalue weighted by Crippen LogP contribution is 2.47. The molecule has 1 amide bonds. The van der Waals surface area contributed by atoms with Gasteiger partial charge in [0.25, 0.3) is 6.43 Å². The minimum Gasteiger partial charge on any atom is -0.378 e. The van der Waals surface area contributed by atoms with E-state index < -0.39 is 6.43 Å². The highest BCUT2D eigenvalue weighted by atomic mass is 19.3. The molecule has 40 heavy (non-hydrogen) atoms. The van der Waals surface area contributed by atoms with Crippen LogP contribution in [0.25, 0.3) is 0 Å². The number of hydrogen-bond acceptors (Lipinski definition) is 3. The van der Waals surface area contributed by atoms with Crippen molar-refractivity contribution in [2.75, 3.05) is 25.0 Å². The summed E-state index contributed by atoms with van der Waals surface area (Å²) in [5, 5.41) is 3.68. The molecule has 3 aromatic rings. The topological polar surface area (TPSA) is 58.4 Å². The van der Waals surface area contributed by atoms with Crippen LogP contribution >= 0.6 is 0 Å². The van der Waals surface area contributed by atoms with E-state index in [1.807, 2.05) is 53.4 Å². The van der Waals surface area contributed by atoms with Gasteiger partial charge >= 0.3 is 0 Å². The lowest BCUT2D eigenvalue weighted by Crippen LogP contribution is -2.37. The molecule has 4 rings (SSSR count). The van der Waals surface area contributed by atoms with Crippen LogP contribution in [0.1, 0.15) is 80.2 Å². The van der Waals surface area contributed by atoms with Gasteiger partial charge in [0.05, 0.1) is 12.5 Å². The molecule has 3 aromatic carbocycles. The molecule has 1 heterocycles. The molecular weight excluding hydrogens is 504 g/mol. The number of anilines is 1. The number of amides is 1. The fourth-order valence-corrected chi connectivity index (χ4v) is 6.02. The standard InChI is InChI=1S/C34H43F2N3O/c1-24(23-39(20-10-9-19-37)32(40)21-26-11-5-3-6-12-26)15-17-29-25(2)30-22-28(34(35)36)16-18-31(30)38-33(29)27-13-7-4-8-14-27/h3-8,11-14,16,18,22,24-25,29,33-34,38H,9-10,15,17,19-21,23,37H2,1-2H3/t24?,25?,29-,33+/m1/s1. The number of carbonyl (C=O) groups is 1. The Morgan fingerprint density at radius 3 is 2.38 bits per heavy atom. The van der Waals surface area contributed by atoms with Crippen molar-refractivity contribution in [2.45, 2.75) is 64.3 Å². The fraction of sp³-hybridized carbons (Fsp3) is 0.441. The van der Waals surface area contributed by atoms with Gasteiger partial charge in [-0.05, 0) is 78.8 Å². The second-order valence-electron chi connectivity index (χ2n) is 11.3. The number of unbranched alkanes of at least 4 members (excludes halogenated alkanes) is 1. The number of nitrogens with one attached hydrogen (secondary N) is 1. The number of nitrogens with two attached hydrogens (primary N) is 1. The summed E-state index contributed by atoms with van der Waals surface area (Å²) in [6.45, 7) is 6.42. The second kappa shape index (κ2) is 14.4. The van der Waals surface area contributed by atoms with Gasteiger partial charge in [-0.1, -0.05) is 80.6 Å². The molecule has 4 atom stereocenters. The van der Waals surface area contributed by atoms with Crippen LogP contribution in [0, 0.1) is 11.8 Å². The third kappa shape index (κ3) is 7.69. The zero-order chi connectivity index (χ0) is 28.5. The van der Waals surface area contributed by atoms with Crippen LogP contribution in [0.3, 0.4) is 0 Å². The minimum absolute atomic E-state index is 0.0720. The van der Waals surface area contributed by atoms with E-state index in [9.17, 15) is 13.6 Å². The Bertz CT molecular complexity index is 1200. The van der Waals surface area contributed by atoms with E-state index in [0.717, 1.165) is 42.5 Å². The van der Waals surface area contributed by atoms with Crippen molar-refractivity contribution in [2.24, 2.45) is 17.6 Å². The van der Waals surface area contributed by atoms with Crippen molar-refractivity contribution in [1.82, 2.24) is 4.90 Å². The van der Waals surface area contributed by atoms with Gasteiger partial charge in [-0.15, -0.1) is 0 Å². The third-order valence-electron chi connectivity index (χ3n) is 8.32. The highest BCUT2D eigenvalue weighted by Gasteiger charge is 2.35. The van der Waals surface area contributed by atoms with Gasteiger partial charge in [0, 0.05) is 24.3 Å². The van der Waals surface area contributed by atoms with Gasteiger partial charge < -0.3 is 16.0 Å². The Kier molecular flexibility index (Phi) is 10.7. The summed E-state index contributed by atoms with van der Waals surface area (Å²) in [6.07, 6.45) is 1.58. The van der Waals surface area contributed by atoms with E-state index in [1.165, 1.54) is 11.6 Å². The molecule has 0 bridgehead atoms. The molecule has 0 radical (unpaired) electrons. The average molecular weight is 548 g/mol. The molecular formula is C34H43F2N3O. The van der Waals surface area contributed by atoms with E-state index in [-0.39, 0.29) is 29.3 Å². The van der Waals surface area contributed by atoms with Gasteiger partial charge in [-0.2, -0.15) is 0 Å². The SMILES string of the molecule is CC(CC[C@@H]1C(C)c2cc(C(F)F)ccc2N[C@H]1c1ccccc1)CN(CCCCN)C(=O)Cc1ccccc1. The summed E-state index contributed by atoms with van der Waals surface area (Å²) in [5.74, 6) is 0.803. The third-order valence-corrected chi connectivity index (χ3v) is 8.32. The summed E-state index contributed by atoms with van der Waals surface area (Å²) in [6, 6.07) is 25.4. The molecule has 1 aliphatic heterocycles. The predicted octanol–water partition coefficient (Wildman–Crippen LogP) is 7.74. The molecule has 1 aliphatic rings. The maximum atomic E-state index is 13.5. The second-order valence-corrected chi connectivity index (χ2v) is 11.3. The van der Waals surface area contributed by atoms with Gasteiger partial charge in [-0.25, -0.2) is 8.78 Å². The first-order valence-corrected chi connectivity index (χ1v) is 14.6. The molecule has 0 saturated heterocycles. The van der Waals surface area contributed by atoms with Crippen LogP contribution in [0.5, 0.6) is 0 Å². The molecule has 3 N–H and O–H groups in total. The molecule has 0 aromatic heterocycles. The Balaban J connectivity index is 1.48. The van der Waals surface area contributed by atoms with Crippen molar-refractivity contribution >= 4 is 11.6 Å². The highest BCUT2D eigenvalue weighted by molar-refractivity contribution is 5.78. The predicted molar refractivity (Wildman–Crippen MR) is 160 cm³/mol. The molecule has 214 valence electrons. The zero-order valence-electron chi connectivity index (χ0n) is 23.7. The first-order chi connectivity index (χ1) is 19.4. The van der Waals surface area contributed by atoms with Crippen LogP contribution in [0.4, 0.5) is 14.5 Å². The van der Waals surface area contributed by atoms with Gasteiger partial charge in [-0.3, -0.25) is 4.79 Å². The van der Waals surface area contributed by atoms with Crippen LogP contribution in [0.2, 0.25) is 0 Å². The first kappa shape index (κ1) is 29.7. The Hall–Kier alpha value is -3.25. The number of halogens is 2. The zero-order valence-corrected chi connectivity index (χ0v) is 23.7. The summed E-state index contributed by atoms with van der Waals surface area (Å²) in [7, 11) is 0. The summed E-state index contributed by atoms with van der Waals surface area (Å²) in [5.41, 5.74) is 9.93. The van der Waals surface area contributed by atoms with Gasteiger partial charge in [0.15, 0.2) is 0 Å². The number of rotatable bonds is 13. The monoisotopic (exact) mass is 547 g/mol. The first-order valence-electron chi connectivity index (χ1n) is 14.6. The molecule has 0 spiro atoms. The Morgan fingerprint density at radius 2 is 1.70 bits per heavy atom. The number of benzene rings is 3. The van der Waals surface area contributed by atoms with Crippen molar-refractivity contribution < 1.29 is 13.6 Å². The Morgan fingerprint density at radius 1 is 1.00 bits per heavy atom. The summed E-state index contributed by atoms with van der Waals surface area (Å²) < 4.78 is 27.1. The summed E-state index contributed by atoms with van der Waals surface area (Å²) in [4.78, 5) is 15.3. The molecule has 0 fully saturated rings. The lowest BCUT2D eigenvalue weighted by atomic mass is 9.73. The van der Waals surface area contributed by atoms with E-state index in [4.69, 9.17) is 5.73 Å². The van der Waals surface area contributed by atoms with Crippen LogP contribution in [0.15, 0.2) is 78.9 Å². The minimum atomic E-state index is -2.48. The number of hydrogen-bond donors (Lipinski definition) is 2. The molecule has 4 nitrogen and oxygen atoms in total. The van der Waals surface area contributed by atoms with E-state index >= 15 is 0 Å². The maximum Gasteiger partial charge on any atom is 0.263 e. The summed E-state index contributed by atoms with van der Waals surface area (Å²) >= 11 is 0. The van der Waals surface area contributed by atoms with Crippen LogP contribution in [-0.2, 0) is 11.2 Å². The molecule has 6 heteroatoms. The molecule has 2 unspecified atom stereocenters. The van der Waals surface area contributed by atoms with E-state index in [1.54, 1.807) is 12.1 Å². The quantitative estimate of drug-likeness (QED) is 0.215. The maximum absolute atomic E-state index is 13.5. The largest absolute Gasteiger partial charge is 0.378 e. The van der Waals surface area contributed by atoms with Gasteiger partial charge in [0.1, 0.15) is 0 Å². The van der Waals surface area contributed by atoms with Crippen molar-refractivity contribution in [3.63, 3.8) is 0 Å². The smallest absolute Gasteiger partial charge is 0.263 e. The normalized spacial score (nSPS) is 19.1. The van der Waals surface area contributed by atoms with Crippen molar-refractivity contribution in [3.05, 3.63) is 101 Å². The fourth-order valence-electron chi connectivity index (χ4n) is 6.02.